The average Bonchev–Trinajstić information content (AvgIpc) is 3.37. The molecule has 1 aliphatic carbocycles. The fraction of sp³-hybridized carbons (Fsp3) is 0.600. The van der Waals surface area contributed by atoms with E-state index in [0.29, 0.717) is 36.0 Å². The first kappa shape index (κ1) is 25.3. The van der Waals surface area contributed by atoms with Crippen LogP contribution in [0.15, 0.2) is 24.3 Å². The molecule has 1 aromatic heterocycles. The summed E-state index contributed by atoms with van der Waals surface area (Å²) in [6.45, 7) is 4.66. The van der Waals surface area contributed by atoms with E-state index in [1.807, 2.05) is 0 Å². The van der Waals surface area contributed by atoms with Crippen molar-refractivity contribution in [3.63, 3.8) is 0 Å². The third-order valence-corrected chi connectivity index (χ3v) is 7.65. The standard InChI is InChI=1S/C25H28F6N4O/c26-17-1-2-21(25(29,30)31)19(9-17)22-10-20(23(27)28)24(34-33-22)32-18-7-15-12-35(13-16(15)8-18)11-14-3-5-36-6-4-14/h1-2,9-10,14-16,18,23H,3-8,11-13H2,(H,32,34)/t15-,16+,18?. The number of fused-ring (bicyclic) bond motifs is 1. The molecule has 3 aliphatic rings. The molecule has 2 aliphatic heterocycles. The fourth-order valence-corrected chi connectivity index (χ4v) is 5.94. The first-order valence-corrected chi connectivity index (χ1v) is 12.3. The van der Waals surface area contributed by atoms with Gasteiger partial charge in [0.1, 0.15) is 5.82 Å². The summed E-state index contributed by atoms with van der Waals surface area (Å²) in [5.41, 5.74) is -2.78. The maximum absolute atomic E-state index is 13.9. The molecule has 0 radical (unpaired) electrons. The van der Waals surface area contributed by atoms with Crippen LogP contribution >= 0.6 is 0 Å². The summed E-state index contributed by atoms with van der Waals surface area (Å²) in [6.07, 6.45) is -4.00. The minimum Gasteiger partial charge on any atom is -0.381 e. The highest BCUT2D eigenvalue weighted by Gasteiger charge is 2.42. The molecule has 1 aromatic carbocycles. The molecule has 1 N–H and O–H groups in total. The Balaban J connectivity index is 1.28. The molecule has 3 atom stereocenters. The molecule has 2 saturated heterocycles. The summed E-state index contributed by atoms with van der Waals surface area (Å²) in [5, 5.41) is 10.7. The van der Waals surface area contributed by atoms with Crippen LogP contribution in [0.25, 0.3) is 11.3 Å². The highest BCUT2D eigenvalue weighted by atomic mass is 19.4. The second-order valence-corrected chi connectivity index (χ2v) is 10.1. The van der Waals surface area contributed by atoms with Gasteiger partial charge in [-0.3, -0.25) is 0 Å². The first-order chi connectivity index (χ1) is 17.2. The third-order valence-electron chi connectivity index (χ3n) is 7.65. The summed E-state index contributed by atoms with van der Waals surface area (Å²) in [5.74, 6) is 0.522. The largest absolute Gasteiger partial charge is 0.417 e. The summed E-state index contributed by atoms with van der Waals surface area (Å²) in [7, 11) is 0. The lowest BCUT2D eigenvalue weighted by Crippen LogP contribution is -2.32. The number of nitrogens with zero attached hydrogens (tertiary/aromatic N) is 3. The second-order valence-electron chi connectivity index (χ2n) is 10.1. The Kier molecular flexibility index (Phi) is 7.13. The Morgan fingerprint density at radius 1 is 1.03 bits per heavy atom. The number of hydrogen-bond donors (Lipinski definition) is 1. The van der Waals surface area contributed by atoms with E-state index >= 15 is 0 Å². The summed E-state index contributed by atoms with van der Waals surface area (Å²) < 4.78 is 87.2. The molecule has 3 heterocycles. The number of ether oxygens (including phenoxy) is 1. The minimum absolute atomic E-state index is 0.0669. The predicted octanol–water partition coefficient (Wildman–Crippen LogP) is 5.79. The first-order valence-electron chi connectivity index (χ1n) is 12.3. The Morgan fingerprint density at radius 2 is 1.72 bits per heavy atom. The van der Waals surface area contributed by atoms with E-state index in [1.54, 1.807) is 0 Å². The molecule has 0 bridgehead atoms. The smallest absolute Gasteiger partial charge is 0.381 e. The quantitative estimate of drug-likeness (QED) is 0.495. The molecule has 5 nitrogen and oxygen atoms in total. The summed E-state index contributed by atoms with van der Waals surface area (Å²) in [6, 6.07) is 2.69. The number of nitrogens with one attached hydrogen (secondary N) is 1. The highest BCUT2D eigenvalue weighted by Crippen LogP contribution is 2.41. The molecule has 196 valence electrons. The number of alkyl halides is 5. The van der Waals surface area contributed by atoms with Crippen LogP contribution in [0.2, 0.25) is 0 Å². The van der Waals surface area contributed by atoms with Crippen LogP contribution in [0.3, 0.4) is 0 Å². The van der Waals surface area contributed by atoms with Crippen LogP contribution in [0.1, 0.15) is 43.2 Å². The molecule has 3 fully saturated rings. The van der Waals surface area contributed by atoms with Gasteiger partial charge >= 0.3 is 6.18 Å². The number of anilines is 1. The van der Waals surface area contributed by atoms with Gasteiger partial charge in [-0.1, -0.05) is 0 Å². The predicted molar refractivity (Wildman–Crippen MR) is 121 cm³/mol. The number of rotatable bonds is 6. The third kappa shape index (κ3) is 5.46. The van der Waals surface area contributed by atoms with Crippen LogP contribution in [-0.2, 0) is 10.9 Å². The van der Waals surface area contributed by atoms with Crippen molar-refractivity contribution in [2.24, 2.45) is 17.8 Å². The lowest BCUT2D eigenvalue weighted by atomic mass is 10.00. The Bertz CT molecular complexity index is 1060. The van der Waals surface area contributed by atoms with Crippen molar-refractivity contribution in [3.05, 3.63) is 41.2 Å². The number of hydrogen-bond acceptors (Lipinski definition) is 5. The lowest BCUT2D eigenvalue weighted by Gasteiger charge is -2.28. The van der Waals surface area contributed by atoms with Gasteiger partial charge in [-0.2, -0.15) is 13.2 Å². The molecule has 11 heteroatoms. The zero-order valence-corrected chi connectivity index (χ0v) is 19.6. The highest BCUT2D eigenvalue weighted by molar-refractivity contribution is 5.66. The van der Waals surface area contributed by atoms with Crippen LogP contribution in [0, 0.1) is 23.6 Å². The van der Waals surface area contributed by atoms with Crippen LogP contribution in [0.5, 0.6) is 0 Å². The molecule has 36 heavy (non-hydrogen) atoms. The second kappa shape index (κ2) is 10.2. The van der Waals surface area contributed by atoms with E-state index in [4.69, 9.17) is 4.74 Å². The molecule has 0 spiro atoms. The van der Waals surface area contributed by atoms with Crippen molar-refractivity contribution < 1.29 is 31.1 Å². The van der Waals surface area contributed by atoms with Crippen molar-refractivity contribution in [3.8, 4) is 11.3 Å². The van der Waals surface area contributed by atoms with Crippen LogP contribution in [0.4, 0.5) is 32.2 Å². The number of likely N-dealkylation sites (tertiary alicyclic amines) is 1. The van der Waals surface area contributed by atoms with E-state index in [1.165, 1.54) is 0 Å². The Hall–Kier alpha value is -2.40. The van der Waals surface area contributed by atoms with Crippen molar-refractivity contribution in [1.29, 1.82) is 0 Å². The van der Waals surface area contributed by atoms with Crippen molar-refractivity contribution in [1.82, 2.24) is 15.1 Å². The lowest BCUT2D eigenvalue weighted by molar-refractivity contribution is -0.137. The normalized spacial score (nSPS) is 25.5. The molecular weight excluding hydrogens is 486 g/mol. The molecular formula is C25H28F6N4O. The van der Waals surface area contributed by atoms with Crippen molar-refractivity contribution >= 4 is 5.82 Å². The van der Waals surface area contributed by atoms with Gasteiger partial charge in [-0.15, -0.1) is 10.2 Å². The number of aromatic nitrogens is 2. The molecule has 1 saturated carbocycles. The average molecular weight is 515 g/mol. The molecule has 0 amide bonds. The molecule has 1 unspecified atom stereocenters. The topological polar surface area (TPSA) is 50.3 Å². The van der Waals surface area contributed by atoms with Gasteiger partial charge in [0.15, 0.2) is 5.82 Å². The van der Waals surface area contributed by atoms with E-state index in [2.05, 4.69) is 20.4 Å². The zero-order chi connectivity index (χ0) is 25.4. The van der Waals surface area contributed by atoms with Gasteiger partial charge in [0, 0.05) is 44.5 Å². The number of halogens is 6. The summed E-state index contributed by atoms with van der Waals surface area (Å²) >= 11 is 0. The molecule has 2 aromatic rings. The SMILES string of the molecule is Fc1ccc(C(F)(F)F)c(-c2cc(C(F)F)c(NC3C[C@@H]4CN(CC5CCOCC5)C[C@@H]4C3)nn2)c1. The van der Waals surface area contributed by atoms with Gasteiger partial charge in [-0.05, 0) is 67.7 Å². The van der Waals surface area contributed by atoms with Gasteiger partial charge in [0.05, 0.1) is 16.8 Å². The Labute approximate surface area is 205 Å². The van der Waals surface area contributed by atoms with Gasteiger partial charge in [0.25, 0.3) is 6.43 Å². The van der Waals surface area contributed by atoms with E-state index < -0.39 is 40.8 Å². The van der Waals surface area contributed by atoms with Gasteiger partial charge < -0.3 is 15.0 Å². The van der Waals surface area contributed by atoms with E-state index in [-0.39, 0.29) is 11.9 Å². The summed E-state index contributed by atoms with van der Waals surface area (Å²) in [4.78, 5) is 2.50. The minimum atomic E-state index is -4.80. The van der Waals surface area contributed by atoms with Gasteiger partial charge in [0.2, 0.25) is 0 Å². The van der Waals surface area contributed by atoms with Crippen LogP contribution < -0.4 is 5.32 Å². The monoisotopic (exact) mass is 514 g/mol. The zero-order valence-electron chi connectivity index (χ0n) is 19.6. The fourth-order valence-electron chi connectivity index (χ4n) is 5.94. The van der Waals surface area contributed by atoms with Gasteiger partial charge in [-0.25, -0.2) is 13.2 Å². The number of benzene rings is 1. The molecule has 5 rings (SSSR count). The Morgan fingerprint density at radius 3 is 2.36 bits per heavy atom. The van der Waals surface area contributed by atoms with Crippen molar-refractivity contribution in [2.75, 3.05) is 38.2 Å². The van der Waals surface area contributed by atoms with E-state index in [9.17, 15) is 26.3 Å². The van der Waals surface area contributed by atoms with Crippen LogP contribution in [-0.4, -0.2) is 54.0 Å². The maximum atomic E-state index is 13.9. The maximum Gasteiger partial charge on any atom is 0.417 e. The van der Waals surface area contributed by atoms with E-state index in [0.717, 1.165) is 64.6 Å². The van der Waals surface area contributed by atoms with Crippen molar-refractivity contribution in [2.45, 2.75) is 44.3 Å².